The lowest BCUT2D eigenvalue weighted by Crippen LogP contribution is -2.31. The van der Waals surface area contributed by atoms with E-state index in [4.69, 9.17) is 10.00 Å². The fourth-order valence-corrected chi connectivity index (χ4v) is 2.05. The molecule has 0 radical (unpaired) electrons. The molecule has 6 nitrogen and oxygen atoms in total. The van der Waals surface area contributed by atoms with Gasteiger partial charge in [0.2, 0.25) is 0 Å². The van der Waals surface area contributed by atoms with Crippen LogP contribution in [-0.2, 0) is 9.53 Å². The summed E-state index contributed by atoms with van der Waals surface area (Å²) in [6.45, 7) is -0.166. The van der Waals surface area contributed by atoms with Crippen LogP contribution in [0.15, 0.2) is 36.4 Å². The smallest absolute Gasteiger partial charge is 0.342 e. The molecule has 0 heterocycles. The molecule has 2 aromatic rings. The van der Waals surface area contributed by atoms with Gasteiger partial charge in [-0.1, -0.05) is 24.3 Å². The molecule has 2 rings (SSSR count). The van der Waals surface area contributed by atoms with Crippen molar-refractivity contribution in [1.82, 2.24) is 4.90 Å². The number of nitriles is 1. The van der Waals surface area contributed by atoms with E-state index in [-0.39, 0.29) is 24.3 Å². The topological polar surface area (TPSA) is 90.6 Å². The lowest BCUT2D eigenvalue weighted by Gasteiger charge is -2.15. The summed E-state index contributed by atoms with van der Waals surface area (Å²) in [6.07, 6.45) is 0.210. The summed E-state index contributed by atoms with van der Waals surface area (Å²) in [6, 6.07) is 12.2. The van der Waals surface area contributed by atoms with Crippen molar-refractivity contribution < 1.29 is 19.4 Å². The second kappa shape index (κ2) is 7.27. The summed E-state index contributed by atoms with van der Waals surface area (Å²) in [5.41, 5.74) is 0.0103. The summed E-state index contributed by atoms with van der Waals surface area (Å²) in [5.74, 6) is -1.37. The first-order chi connectivity index (χ1) is 11.0. The Morgan fingerprint density at radius 3 is 2.57 bits per heavy atom. The van der Waals surface area contributed by atoms with Gasteiger partial charge >= 0.3 is 5.97 Å². The normalized spacial score (nSPS) is 10.1. The maximum absolute atomic E-state index is 12.0. The first kappa shape index (κ1) is 16.3. The van der Waals surface area contributed by atoms with Crippen molar-refractivity contribution in [3.8, 4) is 11.8 Å². The fraction of sp³-hybridized carbons (Fsp3) is 0.235. The molecule has 0 bridgehead atoms. The molecule has 2 aromatic carbocycles. The number of phenolic OH excluding ortho intramolecular Hbond substituents is 1. The Balaban J connectivity index is 2.05. The number of amides is 1. The predicted octanol–water partition coefficient (Wildman–Crippen LogP) is 2.07. The van der Waals surface area contributed by atoms with Gasteiger partial charge in [-0.15, -0.1) is 0 Å². The van der Waals surface area contributed by atoms with E-state index in [1.165, 1.54) is 24.1 Å². The largest absolute Gasteiger partial charge is 0.507 e. The van der Waals surface area contributed by atoms with E-state index < -0.39 is 18.5 Å². The monoisotopic (exact) mass is 312 g/mol. The molecule has 0 aliphatic heterocycles. The predicted molar refractivity (Wildman–Crippen MR) is 83.8 cm³/mol. The van der Waals surface area contributed by atoms with Crippen molar-refractivity contribution in [2.75, 3.05) is 20.2 Å². The van der Waals surface area contributed by atoms with Gasteiger partial charge in [-0.3, -0.25) is 4.79 Å². The third kappa shape index (κ3) is 3.98. The van der Waals surface area contributed by atoms with Gasteiger partial charge in [-0.2, -0.15) is 5.26 Å². The maximum Gasteiger partial charge on any atom is 0.342 e. The number of carbonyl (C=O) groups is 2. The van der Waals surface area contributed by atoms with Crippen LogP contribution >= 0.6 is 0 Å². The fourth-order valence-electron chi connectivity index (χ4n) is 2.05. The number of rotatable bonds is 5. The molecule has 0 atom stereocenters. The molecule has 118 valence electrons. The van der Waals surface area contributed by atoms with Gasteiger partial charge < -0.3 is 14.7 Å². The molecule has 0 saturated heterocycles. The molecule has 0 fully saturated rings. The number of phenols is 1. The van der Waals surface area contributed by atoms with Gasteiger partial charge in [0.05, 0.1) is 12.5 Å². The van der Waals surface area contributed by atoms with Crippen molar-refractivity contribution in [2.24, 2.45) is 0 Å². The SMILES string of the molecule is CN(CCC#N)C(=O)COC(=O)c1cc2ccccc2cc1O. The highest BCUT2D eigenvalue weighted by molar-refractivity contribution is 5.99. The highest BCUT2D eigenvalue weighted by atomic mass is 16.5. The minimum absolute atomic E-state index is 0.0103. The van der Waals surface area contributed by atoms with E-state index in [2.05, 4.69) is 0 Å². The van der Waals surface area contributed by atoms with Crippen LogP contribution in [-0.4, -0.2) is 42.1 Å². The summed E-state index contributed by atoms with van der Waals surface area (Å²) in [7, 11) is 1.53. The third-order valence-corrected chi connectivity index (χ3v) is 3.40. The van der Waals surface area contributed by atoms with Crippen molar-refractivity contribution >= 4 is 22.6 Å². The molecule has 1 amide bonds. The Morgan fingerprint density at radius 1 is 1.26 bits per heavy atom. The van der Waals surface area contributed by atoms with Gasteiger partial charge in [0.15, 0.2) is 6.61 Å². The lowest BCUT2D eigenvalue weighted by molar-refractivity contribution is -0.133. The molecule has 1 N–H and O–H groups in total. The first-order valence-corrected chi connectivity index (χ1v) is 7.02. The van der Waals surface area contributed by atoms with E-state index in [9.17, 15) is 14.7 Å². The molecule has 0 aliphatic carbocycles. The van der Waals surface area contributed by atoms with Crippen molar-refractivity contribution in [3.63, 3.8) is 0 Å². The number of aromatic hydroxyl groups is 1. The van der Waals surface area contributed by atoms with E-state index in [0.29, 0.717) is 0 Å². The highest BCUT2D eigenvalue weighted by Gasteiger charge is 2.17. The first-order valence-electron chi connectivity index (χ1n) is 7.02. The average molecular weight is 312 g/mol. The Bertz CT molecular complexity index is 780. The third-order valence-electron chi connectivity index (χ3n) is 3.40. The molecular formula is C17H16N2O4. The summed E-state index contributed by atoms with van der Waals surface area (Å²) in [4.78, 5) is 25.1. The number of fused-ring (bicyclic) bond motifs is 1. The van der Waals surface area contributed by atoms with Gasteiger partial charge in [0.1, 0.15) is 11.3 Å². The lowest BCUT2D eigenvalue weighted by atomic mass is 10.1. The second-order valence-corrected chi connectivity index (χ2v) is 5.02. The molecule has 0 unspecified atom stereocenters. The standard InChI is InChI=1S/C17H16N2O4/c1-19(8-4-7-18)16(21)11-23-17(22)14-9-12-5-2-3-6-13(12)10-15(14)20/h2-3,5-6,9-10,20H,4,8,11H2,1H3. The zero-order chi connectivity index (χ0) is 16.8. The van der Waals surface area contributed by atoms with Gasteiger partial charge in [0, 0.05) is 13.6 Å². The molecule has 0 spiro atoms. The number of benzene rings is 2. The van der Waals surface area contributed by atoms with Crippen molar-refractivity contribution in [1.29, 1.82) is 5.26 Å². The van der Waals surface area contributed by atoms with Crippen LogP contribution in [0.5, 0.6) is 5.75 Å². The molecule has 0 saturated carbocycles. The van der Waals surface area contributed by atoms with Crippen molar-refractivity contribution in [2.45, 2.75) is 6.42 Å². The van der Waals surface area contributed by atoms with E-state index >= 15 is 0 Å². The van der Waals surface area contributed by atoms with Crippen molar-refractivity contribution in [3.05, 3.63) is 42.0 Å². The summed E-state index contributed by atoms with van der Waals surface area (Å²) < 4.78 is 4.95. The Hall–Kier alpha value is -3.07. The van der Waals surface area contributed by atoms with E-state index in [1.807, 2.05) is 30.3 Å². The minimum Gasteiger partial charge on any atom is -0.507 e. The van der Waals surface area contributed by atoms with Gasteiger partial charge in [0.25, 0.3) is 5.91 Å². The Labute approximate surface area is 133 Å². The summed E-state index contributed by atoms with van der Waals surface area (Å²) in [5, 5.41) is 20.0. The quantitative estimate of drug-likeness (QED) is 0.854. The van der Waals surface area contributed by atoms with Crippen LogP contribution in [0.3, 0.4) is 0 Å². The van der Waals surface area contributed by atoms with Gasteiger partial charge in [-0.25, -0.2) is 4.79 Å². The minimum atomic E-state index is -0.768. The molecule has 6 heteroatoms. The number of ether oxygens (including phenoxy) is 1. The molecule has 0 aromatic heterocycles. The Morgan fingerprint density at radius 2 is 1.91 bits per heavy atom. The van der Waals surface area contributed by atoms with Crippen LogP contribution < -0.4 is 0 Å². The van der Waals surface area contributed by atoms with E-state index in [0.717, 1.165) is 10.8 Å². The summed E-state index contributed by atoms with van der Waals surface area (Å²) >= 11 is 0. The van der Waals surface area contributed by atoms with Crippen LogP contribution in [0.4, 0.5) is 0 Å². The maximum atomic E-state index is 12.0. The highest BCUT2D eigenvalue weighted by Crippen LogP contribution is 2.25. The van der Waals surface area contributed by atoms with Crippen LogP contribution in [0, 0.1) is 11.3 Å². The van der Waals surface area contributed by atoms with Crippen LogP contribution in [0.1, 0.15) is 16.8 Å². The number of hydrogen-bond donors (Lipinski definition) is 1. The molecule has 0 aliphatic rings. The molecular weight excluding hydrogens is 296 g/mol. The van der Waals surface area contributed by atoms with Gasteiger partial charge in [-0.05, 0) is 22.9 Å². The number of esters is 1. The zero-order valence-electron chi connectivity index (χ0n) is 12.7. The van der Waals surface area contributed by atoms with Crippen LogP contribution in [0.25, 0.3) is 10.8 Å². The zero-order valence-corrected chi connectivity index (χ0v) is 12.7. The number of hydrogen-bond acceptors (Lipinski definition) is 5. The average Bonchev–Trinajstić information content (AvgIpc) is 2.56. The second-order valence-electron chi connectivity index (χ2n) is 5.02. The number of likely N-dealkylation sites (N-methyl/N-ethyl adjacent to an activating group) is 1. The van der Waals surface area contributed by atoms with Crippen LogP contribution in [0.2, 0.25) is 0 Å². The Kier molecular flexibility index (Phi) is 5.15. The molecule has 23 heavy (non-hydrogen) atoms. The van der Waals surface area contributed by atoms with E-state index in [1.54, 1.807) is 0 Å². The number of nitrogens with zero attached hydrogens (tertiary/aromatic N) is 2. The number of carbonyl (C=O) groups excluding carboxylic acids is 2.